The number of hydroxylamine groups is 1. The van der Waals surface area contributed by atoms with Crippen molar-refractivity contribution < 1.29 is 4.84 Å². The number of nitrogens with one attached hydrogen (secondary N) is 1. The Morgan fingerprint density at radius 1 is 1.19 bits per heavy atom. The Labute approximate surface area is 99.0 Å². The summed E-state index contributed by atoms with van der Waals surface area (Å²) in [6, 6.07) is 10.9. The van der Waals surface area contributed by atoms with Gasteiger partial charge in [-0.25, -0.2) is 0 Å². The Kier molecular flexibility index (Phi) is 6.12. The van der Waals surface area contributed by atoms with Crippen molar-refractivity contribution in [3.63, 3.8) is 0 Å². The predicted octanol–water partition coefficient (Wildman–Crippen LogP) is 3.18. The molecule has 0 fully saturated rings. The van der Waals surface area contributed by atoms with Crippen LogP contribution in [0.15, 0.2) is 30.3 Å². The molecule has 0 amide bonds. The zero-order chi connectivity index (χ0) is 11.8. The molecular formula is C14H23NO. The highest BCUT2D eigenvalue weighted by Gasteiger charge is 2.07. The van der Waals surface area contributed by atoms with Gasteiger partial charge in [-0.3, -0.25) is 0 Å². The number of benzene rings is 1. The average Bonchev–Trinajstić information content (AvgIpc) is 2.28. The maximum Gasteiger partial charge on any atom is 0.0705 e. The Bertz CT molecular complexity index is 271. The van der Waals surface area contributed by atoms with Crippen molar-refractivity contribution >= 4 is 0 Å². The molecule has 1 unspecified atom stereocenters. The van der Waals surface area contributed by atoms with E-state index >= 15 is 0 Å². The lowest BCUT2D eigenvalue weighted by atomic mass is 10.1. The van der Waals surface area contributed by atoms with Crippen molar-refractivity contribution in [2.45, 2.75) is 39.7 Å². The fourth-order valence-corrected chi connectivity index (χ4v) is 1.50. The van der Waals surface area contributed by atoms with Crippen LogP contribution in [0, 0.1) is 5.92 Å². The minimum Gasteiger partial charge on any atom is -0.301 e. The lowest BCUT2D eigenvalue weighted by molar-refractivity contribution is 0.000140. The number of hydrogen-bond donors (Lipinski definition) is 1. The highest BCUT2D eigenvalue weighted by molar-refractivity contribution is 5.15. The maximum atomic E-state index is 5.47. The summed E-state index contributed by atoms with van der Waals surface area (Å²) in [6.45, 7) is 7.25. The second-order valence-electron chi connectivity index (χ2n) is 4.62. The van der Waals surface area contributed by atoms with Crippen molar-refractivity contribution in [3.8, 4) is 0 Å². The summed E-state index contributed by atoms with van der Waals surface area (Å²) in [5.74, 6) is 0.571. The SMILES string of the molecule is CCC(Cc1ccccc1)NOCC(C)C. The first-order valence-corrected chi connectivity index (χ1v) is 6.13. The van der Waals surface area contributed by atoms with E-state index in [2.05, 4.69) is 50.5 Å². The van der Waals surface area contributed by atoms with Gasteiger partial charge in [-0.05, 0) is 24.3 Å². The van der Waals surface area contributed by atoms with Gasteiger partial charge in [-0.15, -0.1) is 0 Å². The van der Waals surface area contributed by atoms with E-state index in [0.717, 1.165) is 19.4 Å². The van der Waals surface area contributed by atoms with Gasteiger partial charge >= 0.3 is 0 Å². The molecule has 0 aromatic heterocycles. The molecule has 0 radical (unpaired) electrons. The Hall–Kier alpha value is -0.860. The molecule has 0 saturated heterocycles. The summed E-state index contributed by atoms with van der Waals surface area (Å²) in [5, 5.41) is 0. The van der Waals surface area contributed by atoms with Crippen molar-refractivity contribution in [1.29, 1.82) is 0 Å². The molecule has 0 aliphatic heterocycles. The highest BCUT2D eigenvalue weighted by atomic mass is 16.6. The smallest absolute Gasteiger partial charge is 0.0705 e. The van der Waals surface area contributed by atoms with Gasteiger partial charge < -0.3 is 4.84 Å². The zero-order valence-corrected chi connectivity index (χ0v) is 10.6. The minimum atomic E-state index is 0.404. The summed E-state index contributed by atoms with van der Waals surface area (Å²) in [6.07, 6.45) is 2.10. The van der Waals surface area contributed by atoms with E-state index in [1.807, 2.05) is 6.07 Å². The zero-order valence-electron chi connectivity index (χ0n) is 10.6. The summed E-state index contributed by atoms with van der Waals surface area (Å²) < 4.78 is 0. The van der Waals surface area contributed by atoms with Gasteiger partial charge in [-0.2, -0.15) is 5.48 Å². The number of hydrogen-bond acceptors (Lipinski definition) is 2. The molecule has 2 heteroatoms. The van der Waals surface area contributed by atoms with Crippen LogP contribution in [0.1, 0.15) is 32.8 Å². The topological polar surface area (TPSA) is 21.3 Å². The molecule has 1 rings (SSSR count). The van der Waals surface area contributed by atoms with Crippen LogP contribution < -0.4 is 5.48 Å². The molecule has 16 heavy (non-hydrogen) atoms. The molecule has 2 nitrogen and oxygen atoms in total. The van der Waals surface area contributed by atoms with Crippen LogP contribution in [-0.2, 0) is 11.3 Å². The quantitative estimate of drug-likeness (QED) is 0.714. The van der Waals surface area contributed by atoms with Crippen molar-refractivity contribution in [2.75, 3.05) is 6.61 Å². The first-order chi connectivity index (χ1) is 7.72. The van der Waals surface area contributed by atoms with Crippen LogP contribution >= 0.6 is 0 Å². The van der Waals surface area contributed by atoms with E-state index in [-0.39, 0.29) is 0 Å². The monoisotopic (exact) mass is 221 g/mol. The van der Waals surface area contributed by atoms with Crippen molar-refractivity contribution in [1.82, 2.24) is 5.48 Å². The Morgan fingerprint density at radius 2 is 1.88 bits per heavy atom. The summed E-state index contributed by atoms with van der Waals surface area (Å²) >= 11 is 0. The lowest BCUT2D eigenvalue weighted by Gasteiger charge is -2.17. The average molecular weight is 221 g/mol. The third-order valence-electron chi connectivity index (χ3n) is 2.48. The fraction of sp³-hybridized carbons (Fsp3) is 0.571. The summed E-state index contributed by atoms with van der Waals surface area (Å²) in [5.41, 5.74) is 4.51. The van der Waals surface area contributed by atoms with E-state index in [0.29, 0.717) is 12.0 Å². The predicted molar refractivity (Wildman–Crippen MR) is 68.2 cm³/mol. The molecule has 0 aliphatic carbocycles. The summed E-state index contributed by atoms with van der Waals surface area (Å²) in [4.78, 5) is 5.47. The van der Waals surface area contributed by atoms with Gasteiger partial charge in [-0.1, -0.05) is 51.1 Å². The normalized spacial score (nSPS) is 13.0. The van der Waals surface area contributed by atoms with Crippen LogP contribution in [0.5, 0.6) is 0 Å². The minimum absolute atomic E-state index is 0.404. The van der Waals surface area contributed by atoms with Gasteiger partial charge in [0.2, 0.25) is 0 Å². The second-order valence-corrected chi connectivity index (χ2v) is 4.62. The van der Waals surface area contributed by atoms with Gasteiger partial charge in [0.05, 0.1) is 6.61 Å². The Balaban J connectivity index is 2.32. The molecule has 1 N–H and O–H groups in total. The standard InChI is InChI=1S/C14H23NO/c1-4-14(15-16-11-12(2)3)10-13-8-6-5-7-9-13/h5-9,12,14-15H,4,10-11H2,1-3H3. The van der Waals surface area contributed by atoms with Crippen molar-refractivity contribution in [2.24, 2.45) is 5.92 Å². The lowest BCUT2D eigenvalue weighted by Crippen LogP contribution is -2.31. The molecule has 0 aliphatic rings. The number of rotatable bonds is 7. The highest BCUT2D eigenvalue weighted by Crippen LogP contribution is 2.05. The molecular weight excluding hydrogens is 198 g/mol. The molecule has 0 bridgehead atoms. The van der Waals surface area contributed by atoms with E-state index in [4.69, 9.17) is 4.84 Å². The largest absolute Gasteiger partial charge is 0.301 e. The molecule has 1 aromatic rings. The third-order valence-corrected chi connectivity index (χ3v) is 2.48. The van der Waals surface area contributed by atoms with Gasteiger partial charge in [0.1, 0.15) is 0 Å². The van der Waals surface area contributed by atoms with Crippen LogP contribution in [0.3, 0.4) is 0 Å². The van der Waals surface area contributed by atoms with Gasteiger partial charge in [0.25, 0.3) is 0 Å². The fourth-order valence-electron chi connectivity index (χ4n) is 1.50. The van der Waals surface area contributed by atoms with E-state index < -0.39 is 0 Å². The maximum absolute atomic E-state index is 5.47. The molecule has 0 heterocycles. The van der Waals surface area contributed by atoms with Crippen LogP contribution in [0.2, 0.25) is 0 Å². The molecule has 90 valence electrons. The molecule has 0 saturated carbocycles. The van der Waals surface area contributed by atoms with Gasteiger partial charge in [0, 0.05) is 6.04 Å². The van der Waals surface area contributed by atoms with Crippen molar-refractivity contribution in [3.05, 3.63) is 35.9 Å². The third kappa shape index (κ3) is 5.29. The summed E-state index contributed by atoms with van der Waals surface area (Å²) in [7, 11) is 0. The Morgan fingerprint density at radius 3 is 2.44 bits per heavy atom. The first kappa shape index (κ1) is 13.2. The second kappa shape index (κ2) is 7.42. The van der Waals surface area contributed by atoms with E-state index in [1.165, 1.54) is 5.56 Å². The first-order valence-electron chi connectivity index (χ1n) is 6.13. The molecule has 1 atom stereocenters. The molecule has 1 aromatic carbocycles. The van der Waals surface area contributed by atoms with E-state index in [1.54, 1.807) is 0 Å². The van der Waals surface area contributed by atoms with Crippen LogP contribution in [0.25, 0.3) is 0 Å². The van der Waals surface area contributed by atoms with Crippen LogP contribution in [-0.4, -0.2) is 12.6 Å². The van der Waals surface area contributed by atoms with Crippen LogP contribution in [0.4, 0.5) is 0 Å². The van der Waals surface area contributed by atoms with Gasteiger partial charge in [0.15, 0.2) is 0 Å². The van der Waals surface area contributed by atoms with E-state index in [9.17, 15) is 0 Å². The molecule has 0 spiro atoms.